The number of carbonyl (C=O) groups excluding carboxylic acids is 3. The van der Waals surface area contributed by atoms with Crippen molar-refractivity contribution < 1.29 is 28.6 Å². The molecule has 0 bridgehead atoms. The molecule has 0 amide bonds. The summed E-state index contributed by atoms with van der Waals surface area (Å²) in [7, 11) is 0. The highest BCUT2D eigenvalue weighted by molar-refractivity contribution is 5.71. The maximum absolute atomic E-state index is 12.9. The SMILES string of the molecule is CCCCCCCC/C=C\CCCCCCCCCC(=O)OC[C@H](COC(=O)CCCCCCCCCCCCCCCCCCC)OC(=O)CCCCCCCCCCCCCCCCCCCCCCC. The van der Waals surface area contributed by atoms with E-state index in [1.807, 2.05) is 0 Å². The van der Waals surface area contributed by atoms with Crippen LogP contribution >= 0.6 is 0 Å². The van der Waals surface area contributed by atoms with Crippen LogP contribution < -0.4 is 0 Å². The first kappa shape index (κ1) is 71.2. The van der Waals surface area contributed by atoms with Gasteiger partial charge in [0.2, 0.25) is 0 Å². The molecule has 73 heavy (non-hydrogen) atoms. The van der Waals surface area contributed by atoms with E-state index >= 15 is 0 Å². The third kappa shape index (κ3) is 60.9. The van der Waals surface area contributed by atoms with Crippen LogP contribution in [-0.2, 0) is 28.6 Å². The molecular formula is C67H128O6. The van der Waals surface area contributed by atoms with Gasteiger partial charge in [-0.3, -0.25) is 14.4 Å². The van der Waals surface area contributed by atoms with Gasteiger partial charge >= 0.3 is 17.9 Å². The molecule has 0 aromatic rings. The van der Waals surface area contributed by atoms with Crippen molar-refractivity contribution in [3.05, 3.63) is 12.2 Å². The first-order valence-electron chi connectivity index (χ1n) is 33.2. The van der Waals surface area contributed by atoms with Crippen LogP contribution in [0.3, 0.4) is 0 Å². The van der Waals surface area contributed by atoms with E-state index in [2.05, 4.69) is 32.9 Å². The highest BCUT2D eigenvalue weighted by Crippen LogP contribution is 2.18. The zero-order valence-corrected chi connectivity index (χ0v) is 49.7. The number of unbranched alkanes of at least 4 members (excludes halogenated alkanes) is 49. The van der Waals surface area contributed by atoms with E-state index in [1.54, 1.807) is 0 Å². The minimum atomic E-state index is -0.767. The lowest BCUT2D eigenvalue weighted by molar-refractivity contribution is -0.167. The molecule has 0 rings (SSSR count). The average molecular weight is 1030 g/mol. The molecule has 0 aliphatic carbocycles. The third-order valence-corrected chi connectivity index (χ3v) is 15.3. The standard InChI is InChI=1S/C67H128O6/c1-4-7-10-13-16-19-22-25-28-31-32-33-34-37-40-43-46-49-52-55-58-61-67(70)73-64(62-71-65(68)59-56-53-50-47-44-41-38-35-29-26-23-20-17-14-11-8-5-2)63-72-66(69)60-57-54-51-48-45-42-39-36-30-27-24-21-18-15-12-9-6-3/h26,29,64H,4-25,27-28,30-63H2,1-3H3/b29-26-/t64-/m1/s1. The Labute approximate surface area is 456 Å². The van der Waals surface area contributed by atoms with Crippen molar-refractivity contribution in [2.24, 2.45) is 0 Å². The van der Waals surface area contributed by atoms with Gasteiger partial charge in [-0.25, -0.2) is 0 Å². The lowest BCUT2D eigenvalue weighted by Gasteiger charge is -2.18. The fraction of sp³-hybridized carbons (Fsp3) is 0.925. The van der Waals surface area contributed by atoms with E-state index in [1.165, 1.54) is 283 Å². The highest BCUT2D eigenvalue weighted by atomic mass is 16.6. The van der Waals surface area contributed by atoms with E-state index in [0.717, 1.165) is 57.8 Å². The second-order valence-electron chi connectivity index (χ2n) is 22.7. The number of allylic oxidation sites excluding steroid dienone is 2. The first-order valence-corrected chi connectivity index (χ1v) is 33.2. The van der Waals surface area contributed by atoms with Crippen molar-refractivity contribution >= 4 is 17.9 Å². The summed E-state index contributed by atoms with van der Waals surface area (Å²) in [5.41, 5.74) is 0. The second kappa shape index (κ2) is 62.7. The molecule has 0 unspecified atom stereocenters. The summed E-state index contributed by atoms with van der Waals surface area (Å²) in [6, 6.07) is 0. The molecular weight excluding hydrogens is 901 g/mol. The molecule has 0 aliphatic rings. The van der Waals surface area contributed by atoms with Gasteiger partial charge in [-0.2, -0.15) is 0 Å². The number of ether oxygens (including phenoxy) is 3. The number of rotatable bonds is 62. The summed E-state index contributed by atoms with van der Waals surface area (Å²) < 4.78 is 17.0. The molecule has 6 heteroatoms. The van der Waals surface area contributed by atoms with Gasteiger partial charge in [-0.15, -0.1) is 0 Å². The van der Waals surface area contributed by atoms with Crippen LogP contribution in [0.15, 0.2) is 12.2 Å². The van der Waals surface area contributed by atoms with E-state index < -0.39 is 6.10 Å². The van der Waals surface area contributed by atoms with Crippen LogP contribution in [0.2, 0.25) is 0 Å². The van der Waals surface area contributed by atoms with Crippen LogP contribution in [0.4, 0.5) is 0 Å². The predicted molar refractivity (Wildman–Crippen MR) is 317 cm³/mol. The lowest BCUT2D eigenvalue weighted by atomic mass is 10.0. The average Bonchev–Trinajstić information content (AvgIpc) is 3.39. The fourth-order valence-corrected chi connectivity index (χ4v) is 10.3. The Bertz CT molecular complexity index is 1130. The molecule has 0 aromatic heterocycles. The molecule has 6 nitrogen and oxygen atoms in total. The highest BCUT2D eigenvalue weighted by Gasteiger charge is 2.19. The largest absolute Gasteiger partial charge is 0.462 e. The van der Waals surface area contributed by atoms with Crippen LogP contribution in [0.25, 0.3) is 0 Å². The van der Waals surface area contributed by atoms with Crippen LogP contribution in [0, 0.1) is 0 Å². The van der Waals surface area contributed by atoms with Gasteiger partial charge in [-0.1, -0.05) is 328 Å². The number of esters is 3. The summed E-state index contributed by atoms with van der Waals surface area (Å²) in [6.45, 7) is 6.72. The number of hydrogen-bond acceptors (Lipinski definition) is 6. The number of hydrogen-bond donors (Lipinski definition) is 0. The molecule has 0 spiro atoms. The molecule has 0 saturated heterocycles. The molecule has 0 saturated carbocycles. The Balaban J connectivity index is 4.29. The summed E-state index contributed by atoms with van der Waals surface area (Å²) in [5, 5.41) is 0. The monoisotopic (exact) mass is 1030 g/mol. The minimum absolute atomic E-state index is 0.0644. The van der Waals surface area contributed by atoms with Crippen molar-refractivity contribution in [2.75, 3.05) is 13.2 Å². The second-order valence-corrected chi connectivity index (χ2v) is 22.7. The topological polar surface area (TPSA) is 78.9 Å². The Kier molecular flexibility index (Phi) is 61.1. The molecule has 0 N–H and O–H groups in total. The molecule has 0 fully saturated rings. The zero-order chi connectivity index (χ0) is 52.9. The quantitative estimate of drug-likeness (QED) is 0.0261. The molecule has 1 atom stereocenters. The smallest absolute Gasteiger partial charge is 0.306 e. The Hall–Kier alpha value is -1.85. The van der Waals surface area contributed by atoms with Gasteiger partial charge < -0.3 is 14.2 Å². The van der Waals surface area contributed by atoms with Gasteiger partial charge in [0.1, 0.15) is 13.2 Å². The lowest BCUT2D eigenvalue weighted by Crippen LogP contribution is -2.30. The Morgan fingerprint density at radius 3 is 0.685 bits per heavy atom. The maximum Gasteiger partial charge on any atom is 0.306 e. The van der Waals surface area contributed by atoms with Crippen molar-refractivity contribution in [2.45, 2.75) is 386 Å². The molecule has 432 valence electrons. The maximum atomic E-state index is 12.9. The normalized spacial score (nSPS) is 12.0. The van der Waals surface area contributed by atoms with E-state index in [4.69, 9.17) is 14.2 Å². The Morgan fingerprint density at radius 2 is 0.452 bits per heavy atom. The van der Waals surface area contributed by atoms with Crippen LogP contribution in [-0.4, -0.2) is 37.2 Å². The predicted octanol–water partition coefficient (Wildman–Crippen LogP) is 22.4. The van der Waals surface area contributed by atoms with Crippen LogP contribution in [0.5, 0.6) is 0 Å². The summed E-state index contributed by atoms with van der Waals surface area (Å²) in [6.07, 6.45) is 73.6. The van der Waals surface area contributed by atoms with Gasteiger partial charge in [0.25, 0.3) is 0 Å². The van der Waals surface area contributed by atoms with Crippen molar-refractivity contribution in [3.8, 4) is 0 Å². The van der Waals surface area contributed by atoms with Gasteiger partial charge in [0, 0.05) is 19.3 Å². The fourth-order valence-electron chi connectivity index (χ4n) is 10.3. The zero-order valence-electron chi connectivity index (χ0n) is 49.7. The van der Waals surface area contributed by atoms with Crippen molar-refractivity contribution in [3.63, 3.8) is 0 Å². The molecule has 0 radical (unpaired) electrons. The van der Waals surface area contributed by atoms with Gasteiger partial charge in [-0.05, 0) is 44.9 Å². The summed E-state index contributed by atoms with van der Waals surface area (Å²) in [4.78, 5) is 38.4. The van der Waals surface area contributed by atoms with E-state index in [-0.39, 0.29) is 31.1 Å². The summed E-state index contributed by atoms with van der Waals surface area (Å²) >= 11 is 0. The molecule has 0 aliphatic heterocycles. The minimum Gasteiger partial charge on any atom is -0.462 e. The van der Waals surface area contributed by atoms with Crippen molar-refractivity contribution in [1.82, 2.24) is 0 Å². The van der Waals surface area contributed by atoms with Crippen molar-refractivity contribution in [1.29, 1.82) is 0 Å². The molecule has 0 aromatic carbocycles. The van der Waals surface area contributed by atoms with Gasteiger partial charge in [0.05, 0.1) is 0 Å². The third-order valence-electron chi connectivity index (χ3n) is 15.3. The summed E-state index contributed by atoms with van der Waals surface area (Å²) in [5.74, 6) is -0.835. The van der Waals surface area contributed by atoms with Gasteiger partial charge in [0.15, 0.2) is 6.10 Å². The first-order chi connectivity index (χ1) is 36.0. The van der Waals surface area contributed by atoms with Crippen LogP contribution in [0.1, 0.15) is 380 Å². The Morgan fingerprint density at radius 1 is 0.260 bits per heavy atom. The number of carbonyl (C=O) groups is 3. The van der Waals surface area contributed by atoms with E-state index in [9.17, 15) is 14.4 Å². The molecule has 0 heterocycles. The van der Waals surface area contributed by atoms with E-state index in [0.29, 0.717) is 19.3 Å².